The van der Waals surface area contributed by atoms with Crippen molar-refractivity contribution in [3.8, 4) is 0 Å². The molecule has 0 saturated carbocycles. The second-order valence-electron chi connectivity index (χ2n) is 7.97. The van der Waals surface area contributed by atoms with E-state index >= 15 is 0 Å². The van der Waals surface area contributed by atoms with Crippen LogP contribution in [-0.4, -0.2) is 5.71 Å². The molecule has 1 rings (SSSR count). The summed E-state index contributed by atoms with van der Waals surface area (Å²) >= 11 is 0. The average Bonchev–Trinajstić information content (AvgIpc) is 2.45. The largest absolute Gasteiger partial charge is 3.00 e. The van der Waals surface area contributed by atoms with Crippen molar-refractivity contribution < 1.29 is 46.5 Å². The van der Waals surface area contributed by atoms with E-state index in [9.17, 15) is 5.41 Å². The van der Waals surface area contributed by atoms with E-state index < -0.39 is 0 Å². The maximum Gasteiger partial charge on any atom is 3.00 e. The summed E-state index contributed by atoms with van der Waals surface area (Å²) in [5.41, 5.74) is 6.27. The van der Waals surface area contributed by atoms with E-state index in [0.29, 0.717) is 5.71 Å². The monoisotopic (exact) mass is 393 g/mol. The molecule has 1 nitrogen and oxygen atoms in total. The quantitative estimate of drug-likeness (QED) is 0.419. The van der Waals surface area contributed by atoms with Crippen LogP contribution >= 0.6 is 0 Å². The zero-order valence-electron chi connectivity index (χ0n) is 16.7. The molecule has 23 heavy (non-hydrogen) atoms. The first-order valence-electron chi connectivity index (χ1n) is 7.47. The molecule has 0 N–H and O–H groups in total. The van der Waals surface area contributed by atoms with Gasteiger partial charge in [0.05, 0.1) is 0 Å². The standard InChI is InChI=1S/C10H15.C9H18N.2ClH.Ti/c1-6-7(2)9(4)10(5)8(6)3;1-8(2,3)7(10)9(4,5)6;;;/h1-5H3;1-6H3;2*1H;/q;-1;;;+3/p-2. The average molecular weight is 394 g/mol. The molecule has 0 amide bonds. The summed E-state index contributed by atoms with van der Waals surface area (Å²) in [5, 5.41) is 9.64. The maximum atomic E-state index is 9.64. The molecule has 4 heteroatoms. The van der Waals surface area contributed by atoms with Crippen molar-refractivity contribution in [1.29, 1.82) is 0 Å². The number of hydrogen-bond donors (Lipinski definition) is 0. The SMILES string of the molecule is CC(C)(C)C(=[N-])C(C)(C)C.C[C]1C(C)=C(C)C(C)=C1C.[Cl-].[Cl-].[Ti+3]. The third-order valence-corrected chi connectivity index (χ3v) is 4.23. The van der Waals surface area contributed by atoms with Crippen LogP contribution in [0.15, 0.2) is 22.3 Å². The number of rotatable bonds is 0. The van der Waals surface area contributed by atoms with Gasteiger partial charge in [0.2, 0.25) is 0 Å². The van der Waals surface area contributed by atoms with Crippen molar-refractivity contribution in [2.45, 2.75) is 76.2 Å². The first-order chi connectivity index (χ1) is 8.71. The van der Waals surface area contributed by atoms with Crippen LogP contribution in [0.3, 0.4) is 0 Å². The van der Waals surface area contributed by atoms with Crippen molar-refractivity contribution in [3.05, 3.63) is 33.6 Å². The third kappa shape index (κ3) is 8.91. The summed E-state index contributed by atoms with van der Waals surface area (Å²) in [5.74, 6) is 1.47. The second-order valence-corrected chi connectivity index (χ2v) is 7.97. The van der Waals surface area contributed by atoms with Gasteiger partial charge in [-0.3, -0.25) is 0 Å². The van der Waals surface area contributed by atoms with Gasteiger partial charge in [0.15, 0.2) is 0 Å². The molecule has 0 aromatic rings. The van der Waals surface area contributed by atoms with E-state index in [1.54, 1.807) is 0 Å². The molecule has 0 saturated heterocycles. The Bertz CT molecular complexity index is 409. The van der Waals surface area contributed by atoms with E-state index in [-0.39, 0.29) is 57.4 Å². The topological polar surface area (TPSA) is 22.3 Å². The van der Waals surface area contributed by atoms with E-state index in [0.717, 1.165) is 0 Å². The van der Waals surface area contributed by atoms with Crippen LogP contribution < -0.4 is 24.8 Å². The number of allylic oxidation sites excluding steroid dienone is 4. The molecule has 0 heterocycles. The molecule has 0 aromatic carbocycles. The Hall–Kier alpha value is 0.444. The Morgan fingerprint density at radius 1 is 0.609 bits per heavy atom. The van der Waals surface area contributed by atoms with Crippen molar-refractivity contribution in [1.82, 2.24) is 0 Å². The zero-order chi connectivity index (χ0) is 16.5. The molecule has 2 radical (unpaired) electrons. The molecule has 1 aliphatic rings. The summed E-state index contributed by atoms with van der Waals surface area (Å²) in [4.78, 5) is 0. The van der Waals surface area contributed by atoms with E-state index in [4.69, 9.17) is 0 Å². The Labute approximate surface area is 172 Å². The normalized spacial score (nSPS) is 15.1. The molecular weight excluding hydrogens is 361 g/mol. The summed E-state index contributed by atoms with van der Waals surface area (Å²) in [6, 6.07) is 0. The van der Waals surface area contributed by atoms with Crippen LogP contribution in [0.4, 0.5) is 0 Å². The number of hydrogen-bond acceptors (Lipinski definition) is 0. The number of halogens is 2. The van der Waals surface area contributed by atoms with Crippen LogP contribution in [0.5, 0.6) is 0 Å². The third-order valence-electron chi connectivity index (χ3n) is 4.23. The molecule has 0 bridgehead atoms. The van der Waals surface area contributed by atoms with Gasteiger partial charge >= 0.3 is 21.7 Å². The van der Waals surface area contributed by atoms with Gasteiger partial charge in [0.1, 0.15) is 0 Å². The summed E-state index contributed by atoms with van der Waals surface area (Å²) in [7, 11) is 0. The van der Waals surface area contributed by atoms with Gasteiger partial charge in [-0.25, -0.2) is 0 Å². The van der Waals surface area contributed by atoms with Gasteiger partial charge in [-0.1, -0.05) is 59.6 Å². The maximum absolute atomic E-state index is 9.64. The van der Waals surface area contributed by atoms with Crippen LogP contribution in [0.25, 0.3) is 5.41 Å². The minimum atomic E-state index is -0.0851. The van der Waals surface area contributed by atoms with E-state index in [1.165, 1.54) is 28.2 Å². The van der Waals surface area contributed by atoms with Crippen molar-refractivity contribution in [2.75, 3.05) is 0 Å². The zero-order valence-corrected chi connectivity index (χ0v) is 19.8. The Balaban J connectivity index is -0.000000139. The fourth-order valence-electron chi connectivity index (χ4n) is 2.53. The summed E-state index contributed by atoms with van der Waals surface area (Å²) < 4.78 is 0. The van der Waals surface area contributed by atoms with Gasteiger partial charge in [-0.15, -0.1) is 0 Å². The molecule has 0 fully saturated rings. The minimum Gasteiger partial charge on any atom is -1.00 e. The second kappa shape index (κ2) is 11.1. The van der Waals surface area contributed by atoms with E-state index in [1.807, 2.05) is 41.5 Å². The molecule has 0 aliphatic heterocycles. The van der Waals surface area contributed by atoms with Crippen molar-refractivity contribution >= 4 is 5.71 Å². The predicted molar refractivity (Wildman–Crippen MR) is 92.9 cm³/mol. The predicted octanol–water partition coefficient (Wildman–Crippen LogP) is 0.362. The molecule has 1 aliphatic carbocycles. The Morgan fingerprint density at radius 2 is 0.826 bits per heavy atom. The molecule has 132 valence electrons. The van der Waals surface area contributed by atoms with Crippen LogP contribution in [0, 0.1) is 16.7 Å². The van der Waals surface area contributed by atoms with Crippen LogP contribution in [0.1, 0.15) is 76.2 Å². The summed E-state index contributed by atoms with van der Waals surface area (Å²) in [6.45, 7) is 23.1. The smallest absolute Gasteiger partial charge is 1.00 e. The Kier molecular flexibility index (Phi) is 15.1. The fraction of sp³-hybridized carbons (Fsp3) is 0.684. The van der Waals surface area contributed by atoms with Gasteiger partial charge in [-0.2, -0.15) is 5.71 Å². The number of nitrogens with zero attached hydrogens (tertiary/aromatic N) is 1. The van der Waals surface area contributed by atoms with Crippen molar-refractivity contribution in [3.63, 3.8) is 0 Å². The van der Waals surface area contributed by atoms with Crippen LogP contribution in [0.2, 0.25) is 0 Å². The minimum absolute atomic E-state index is 0. The van der Waals surface area contributed by atoms with Crippen LogP contribution in [-0.2, 0) is 21.7 Å². The Morgan fingerprint density at radius 3 is 0.870 bits per heavy atom. The first-order valence-corrected chi connectivity index (χ1v) is 7.47. The molecular formula is C19H33Cl2NTi. The summed E-state index contributed by atoms with van der Waals surface area (Å²) in [6.07, 6.45) is 0. The first kappa shape index (κ1) is 31.2. The fourth-order valence-corrected chi connectivity index (χ4v) is 2.53. The van der Waals surface area contributed by atoms with Crippen molar-refractivity contribution in [2.24, 2.45) is 10.8 Å². The van der Waals surface area contributed by atoms with Gasteiger partial charge in [0.25, 0.3) is 0 Å². The van der Waals surface area contributed by atoms with E-state index in [2.05, 4.69) is 34.6 Å². The van der Waals surface area contributed by atoms with Gasteiger partial charge in [0, 0.05) is 5.92 Å². The van der Waals surface area contributed by atoms with Gasteiger partial charge in [-0.05, 0) is 49.7 Å². The van der Waals surface area contributed by atoms with Gasteiger partial charge < -0.3 is 30.2 Å². The molecule has 0 unspecified atom stereocenters. The molecule has 0 atom stereocenters. The molecule has 0 aromatic heterocycles. The molecule has 0 spiro atoms.